The number of fused-ring (bicyclic) bond motifs is 1. The van der Waals surface area contributed by atoms with Gasteiger partial charge < -0.3 is 14.2 Å². The van der Waals surface area contributed by atoms with Gasteiger partial charge in [0.2, 0.25) is 0 Å². The third-order valence-corrected chi connectivity index (χ3v) is 4.56. The summed E-state index contributed by atoms with van der Waals surface area (Å²) in [6, 6.07) is 6.77. The van der Waals surface area contributed by atoms with E-state index < -0.39 is 0 Å². The summed E-state index contributed by atoms with van der Waals surface area (Å²) in [4.78, 5) is 24.9. The number of hydrogen-bond acceptors (Lipinski definition) is 4. The minimum Gasteiger partial charge on any atom is -0.363 e. The van der Waals surface area contributed by atoms with Crippen LogP contribution in [0, 0.1) is 5.82 Å². The molecule has 128 valence electrons. The van der Waals surface area contributed by atoms with Crippen LogP contribution >= 0.6 is 0 Å². The van der Waals surface area contributed by atoms with Crippen molar-refractivity contribution in [1.82, 2.24) is 19.3 Å². The van der Waals surface area contributed by atoms with Gasteiger partial charge in [0.25, 0.3) is 5.91 Å². The SMILES string of the molecule is CC1CN(C(=O)c2cn3ccncc3n2)CCN1c1ccccc1F. The van der Waals surface area contributed by atoms with Crippen LogP contribution in [0.1, 0.15) is 17.4 Å². The number of imidazole rings is 1. The average Bonchev–Trinajstić information content (AvgIpc) is 3.06. The fraction of sp³-hybridized carbons (Fsp3) is 0.278. The predicted molar refractivity (Wildman–Crippen MR) is 92.1 cm³/mol. The van der Waals surface area contributed by atoms with Crippen molar-refractivity contribution in [3.8, 4) is 0 Å². The third kappa shape index (κ3) is 2.82. The number of nitrogens with zero attached hydrogens (tertiary/aromatic N) is 5. The molecule has 1 aromatic carbocycles. The van der Waals surface area contributed by atoms with E-state index in [4.69, 9.17) is 0 Å². The Balaban J connectivity index is 1.52. The fourth-order valence-electron chi connectivity index (χ4n) is 3.29. The van der Waals surface area contributed by atoms with Gasteiger partial charge in [0, 0.05) is 44.3 Å². The second-order valence-electron chi connectivity index (χ2n) is 6.21. The first kappa shape index (κ1) is 15.6. The highest BCUT2D eigenvalue weighted by atomic mass is 19.1. The Bertz CT molecular complexity index is 891. The van der Waals surface area contributed by atoms with Gasteiger partial charge in [-0.1, -0.05) is 12.1 Å². The number of piperazine rings is 1. The molecule has 6 nitrogen and oxygen atoms in total. The monoisotopic (exact) mass is 339 g/mol. The molecule has 3 aromatic rings. The molecule has 7 heteroatoms. The normalized spacial score (nSPS) is 17.9. The smallest absolute Gasteiger partial charge is 0.274 e. The van der Waals surface area contributed by atoms with E-state index in [-0.39, 0.29) is 17.8 Å². The predicted octanol–water partition coefficient (Wildman–Crippen LogP) is 2.22. The highest BCUT2D eigenvalue weighted by Gasteiger charge is 2.29. The second kappa shape index (κ2) is 6.16. The van der Waals surface area contributed by atoms with E-state index in [2.05, 4.69) is 9.97 Å². The minimum atomic E-state index is -0.234. The zero-order valence-corrected chi connectivity index (χ0v) is 13.8. The number of benzene rings is 1. The van der Waals surface area contributed by atoms with Gasteiger partial charge in [-0.3, -0.25) is 9.78 Å². The number of halogens is 1. The van der Waals surface area contributed by atoms with Crippen molar-refractivity contribution in [2.45, 2.75) is 13.0 Å². The van der Waals surface area contributed by atoms with Crippen molar-refractivity contribution in [2.24, 2.45) is 0 Å². The van der Waals surface area contributed by atoms with E-state index in [0.717, 1.165) is 0 Å². The van der Waals surface area contributed by atoms with E-state index >= 15 is 0 Å². The van der Waals surface area contributed by atoms with Crippen LogP contribution in [-0.4, -0.2) is 50.9 Å². The molecular formula is C18H18FN5O. The number of hydrogen-bond donors (Lipinski definition) is 0. The summed E-state index contributed by atoms with van der Waals surface area (Å²) < 4.78 is 15.8. The summed E-state index contributed by atoms with van der Waals surface area (Å²) in [5.41, 5.74) is 1.63. The number of rotatable bonds is 2. The van der Waals surface area contributed by atoms with Gasteiger partial charge in [-0.15, -0.1) is 0 Å². The lowest BCUT2D eigenvalue weighted by atomic mass is 10.1. The first-order chi connectivity index (χ1) is 12.1. The molecule has 0 saturated carbocycles. The highest BCUT2D eigenvalue weighted by Crippen LogP contribution is 2.24. The molecule has 25 heavy (non-hydrogen) atoms. The van der Waals surface area contributed by atoms with Gasteiger partial charge in [-0.05, 0) is 19.1 Å². The third-order valence-electron chi connectivity index (χ3n) is 4.56. The van der Waals surface area contributed by atoms with E-state index in [1.807, 2.05) is 17.9 Å². The zero-order chi connectivity index (χ0) is 17.4. The first-order valence-electron chi connectivity index (χ1n) is 8.22. The van der Waals surface area contributed by atoms with Gasteiger partial charge in [-0.25, -0.2) is 9.37 Å². The summed E-state index contributed by atoms with van der Waals surface area (Å²) >= 11 is 0. The van der Waals surface area contributed by atoms with Gasteiger partial charge in [0.1, 0.15) is 11.5 Å². The highest BCUT2D eigenvalue weighted by molar-refractivity contribution is 5.93. The summed E-state index contributed by atoms with van der Waals surface area (Å²) in [7, 11) is 0. The summed E-state index contributed by atoms with van der Waals surface area (Å²) in [5.74, 6) is -0.342. The minimum absolute atomic E-state index is 0.0216. The number of carbonyl (C=O) groups is 1. The van der Waals surface area contributed by atoms with E-state index in [0.29, 0.717) is 36.7 Å². The van der Waals surface area contributed by atoms with Crippen molar-refractivity contribution in [2.75, 3.05) is 24.5 Å². The lowest BCUT2D eigenvalue weighted by Gasteiger charge is -2.41. The molecule has 0 aliphatic carbocycles. The average molecular weight is 339 g/mol. The molecule has 0 spiro atoms. The number of aromatic nitrogens is 3. The largest absolute Gasteiger partial charge is 0.363 e. The van der Waals surface area contributed by atoms with Crippen LogP contribution in [0.5, 0.6) is 0 Å². The van der Waals surface area contributed by atoms with Crippen LogP contribution < -0.4 is 4.90 Å². The Morgan fingerprint density at radius 1 is 1.28 bits per heavy atom. The van der Waals surface area contributed by atoms with Crippen LogP contribution in [0.4, 0.5) is 10.1 Å². The van der Waals surface area contributed by atoms with Gasteiger partial charge in [0.15, 0.2) is 5.65 Å². The van der Waals surface area contributed by atoms with E-state index in [9.17, 15) is 9.18 Å². The summed E-state index contributed by atoms with van der Waals surface area (Å²) in [6.07, 6.45) is 6.75. The lowest BCUT2D eigenvalue weighted by Crippen LogP contribution is -2.54. The maximum Gasteiger partial charge on any atom is 0.274 e. The number of anilines is 1. The molecule has 1 unspecified atom stereocenters. The molecule has 1 amide bonds. The zero-order valence-electron chi connectivity index (χ0n) is 13.8. The molecule has 1 atom stereocenters. The Kier molecular flexibility index (Phi) is 3.83. The molecule has 2 aromatic heterocycles. The topological polar surface area (TPSA) is 53.7 Å². The second-order valence-corrected chi connectivity index (χ2v) is 6.21. The summed E-state index contributed by atoms with van der Waals surface area (Å²) in [5, 5.41) is 0. The van der Waals surface area contributed by atoms with Gasteiger partial charge in [-0.2, -0.15) is 0 Å². The van der Waals surface area contributed by atoms with Crippen molar-refractivity contribution >= 4 is 17.2 Å². The van der Waals surface area contributed by atoms with Gasteiger partial charge in [0.05, 0.1) is 11.9 Å². The molecular weight excluding hydrogens is 321 g/mol. The van der Waals surface area contributed by atoms with Crippen molar-refractivity contribution in [1.29, 1.82) is 0 Å². The molecule has 3 heterocycles. The lowest BCUT2D eigenvalue weighted by molar-refractivity contribution is 0.0721. The molecule has 4 rings (SSSR count). The molecule has 1 saturated heterocycles. The van der Waals surface area contributed by atoms with Crippen molar-refractivity contribution in [3.63, 3.8) is 0 Å². The summed E-state index contributed by atoms with van der Waals surface area (Å²) in [6.45, 7) is 3.64. The number of carbonyl (C=O) groups excluding carboxylic acids is 1. The molecule has 1 fully saturated rings. The number of amides is 1. The standard InChI is InChI=1S/C18H18FN5O/c1-13-11-23(8-9-24(13)16-5-3-2-4-14(16)19)18(25)15-12-22-7-6-20-10-17(22)21-15/h2-7,10,12-13H,8-9,11H2,1H3. The van der Waals surface area contributed by atoms with Crippen LogP contribution in [0.2, 0.25) is 0 Å². The Morgan fingerprint density at radius 2 is 2.12 bits per heavy atom. The van der Waals surface area contributed by atoms with E-state index in [1.165, 1.54) is 6.07 Å². The maximum absolute atomic E-state index is 14.0. The van der Waals surface area contributed by atoms with Crippen molar-refractivity contribution < 1.29 is 9.18 Å². The van der Waals surface area contributed by atoms with Crippen LogP contribution in [0.15, 0.2) is 49.1 Å². The van der Waals surface area contributed by atoms with Gasteiger partial charge >= 0.3 is 0 Å². The molecule has 0 N–H and O–H groups in total. The van der Waals surface area contributed by atoms with E-state index in [1.54, 1.807) is 46.2 Å². The molecule has 0 radical (unpaired) electrons. The molecule has 1 aliphatic heterocycles. The Morgan fingerprint density at radius 3 is 2.88 bits per heavy atom. The van der Waals surface area contributed by atoms with Crippen LogP contribution in [0.25, 0.3) is 5.65 Å². The van der Waals surface area contributed by atoms with Crippen LogP contribution in [0.3, 0.4) is 0 Å². The first-order valence-corrected chi connectivity index (χ1v) is 8.22. The molecule has 1 aliphatic rings. The maximum atomic E-state index is 14.0. The quantitative estimate of drug-likeness (QED) is 0.718. The number of para-hydroxylation sites is 1. The fourth-order valence-corrected chi connectivity index (χ4v) is 3.29. The molecule has 0 bridgehead atoms. The van der Waals surface area contributed by atoms with Crippen LogP contribution in [-0.2, 0) is 0 Å². The Hall–Kier alpha value is -2.96. The van der Waals surface area contributed by atoms with Crippen molar-refractivity contribution in [3.05, 3.63) is 60.6 Å². The Labute approximate surface area is 144 Å².